The molecule has 0 unspecified atom stereocenters. The van der Waals surface area contributed by atoms with Crippen LogP contribution in [-0.4, -0.2) is 30.5 Å². The number of nitrogens with zero attached hydrogens (tertiary/aromatic N) is 1. The predicted octanol–water partition coefficient (Wildman–Crippen LogP) is 5.44. The third-order valence-electron chi connectivity index (χ3n) is 7.01. The van der Waals surface area contributed by atoms with Gasteiger partial charge in [-0.25, -0.2) is 0 Å². The van der Waals surface area contributed by atoms with Gasteiger partial charge in [0.25, 0.3) is 0 Å². The topological polar surface area (TPSA) is 43.4 Å². The van der Waals surface area contributed by atoms with Gasteiger partial charge in [0.2, 0.25) is 0 Å². The van der Waals surface area contributed by atoms with Gasteiger partial charge in [0.15, 0.2) is 0 Å². The molecule has 0 radical (unpaired) electrons. The summed E-state index contributed by atoms with van der Waals surface area (Å²) in [6, 6.07) is 0. The van der Waals surface area contributed by atoms with E-state index in [1.807, 2.05) is 0 Å². The fraction of sp³-hybridized carbons (Fsp3) is 0.967. The normalized spacial score (nSPS) is 11.1. The Morgan fingerprint density at radius 2 is 0.735 bits per heavy atom. The Balaban J connectivity index is 0. The first-order valence-electron chi connectivity index (χ1n) is 15.1. The molecule has 0 spiro atoms. The van der Waals surface area contributed by atoms with E-state index in [-0.39, 0.29) is 36.0 Å². The fourth-order valence-corrected chi connectivity index (χ4v) is 4.76. The van der Waals surface area contributed by atoms with Crippen molar-refractivity contribution in [2.24, 2.45) is 0 Å². The summed E-state index contributed by atoms with van der Waals surface area (Å²) in [5.74, 6) is -0.900. The smallest absolute Gasteiger partial charge is 0.550 e. The quantitative estimate of drug-likeness (QED) is 0.108. The van der Waals surface area contributed by atoms with E-state index in [2.05, 4.69) is 18.7 Å². The van der Waals surface area contributed by atoms with Crippen LogP contribution in [0.5, 0.6) is 0 Å². The molecule has 0 saturated carbocycles. The van der Waals surface area contributed by atoms with Gasteiger partial charge >= 0.3 is 29.6 Å². The van der Waals surface area contributed by atoms with Gasteiger partial charge in [-0.2, -0.15) is 0 Å². The maximum atomic E-state index is 10.6. The number of carboxylic acids is 1. The zero-order valence-corrected chi connectivity index (χ0v) is 25.9. The molecule has 0 N–H and O–H groups in total. The van der Waals surface area contributed by atoms with Gasteiger partial charge in [0.05, 0.1) is 0 Å². The molecule has 34 heavy (non-hydrogen) atoms. The second-order valence-electron chi connectivity index (χ2n) is 10.4. The number of carbonyl (C=O) groups excluding carboxylic acids is 1. The standard InChI is InChI=1S/C30H61NO2.Na/c1-3-5-7-9-11-13-15-17-19-23-27-31(29-25-21-22-26-30(32)33)28-24-20-18-16-14-12-10-8-6-4-2;/h3-29H2,1-2H3,(H,32,33);/q;+1/p-1. The number of aliphatic carboxylic acids is 1. The Bertz CT molecular complexity index is 368. The number of unbranched alkanes of at least 4 members (excludes halogenated alkanes) is 20. The molecule has 0 rings (SSSR count). The maximum Gasteiger partial charge on any atom is 1.00 e. The summed E-state index contributed by atoms with van der Waals surface area (Å²) in [4.78, 5) is 13.3. The van der Waals surface area contributed by atoms with Crippen molar-refractivity contribution in [2.45, 2.75) is 168 Å². The largest absolute Gasteiger partial charge is 1.00 e. The molecule has 0 saturated heterocycles. The molecule has 0 heterocycles. The van der Waals surface area contributed by atoms with Crippen molar-refractivity contribution >= 4 is 5.97 Å². The number of carbonyl (C=O) groups is 1. The molecule has 0 amide bonds. The molecule has 0 aliphatic carbocycles. The second-order valence-corrected chi connectivity index (χ2v) is 10.4. The van der Waals surface area contributed by atoms with Crippen LogP contribution in [0.1, 0.15) is 168 Å². The third kappa shape index (κ3) is 30.5. The summed E-state index contributed by atoms with van der Waals surface area (Å²) < 4.78 is 0. The van der Waals surface area contributed by atoms with Crippen LogP contribution in [-0.2, 0) is 4.79 Å². The van der Waals surface area contributed by atoms with E-state index in [1.54, 1.807) is 0 Å². The van der Waals surface area contributed by atoms with E-state index in [4.69, 9.17) is 0 Å². The van der Waals surface area contributed by atoms with Crippen LogP contribution < -0.4 is 34.7 Å². The van der Waals surface area contributed by atoms with E-state index in [0.29, 0.717) is 0 Å². The van der Waals surface area contributed by atoms with Crippen LogP contribution in [0.4, 0.5) is 0 Å². The summed E-state index contributed by atoms with van der Waals surface area (Å²) in [5.41, 5.74) is 0. The van der Waals surface area contributed by atoms with Crippen LogP contribution in [0, 0.1) is 0 Å². The molecular weight excluding hydrogens is 429 g/mol. The minimum Gasteiger partial charge on any atom is -0.550 e. The molecule has 0 aromatic heterocycles. The Kier molecular flexibility index (Phi) is 33.9. The van der Waals surface area contributed by atoms with E-state index >= 15 is 0 Å². The first-order valence-corrected chi connectivity index (χ1v) is 15.1. The van der Waals surface area contributed by atoms with Crippen molar-refractivity contribution in [1.29, 1.82) is 0 Å². The maximum absolute atomic E-state index is 10.6. The summed E-state index contributed by atoms with van der Waals surface area (Å²) in [6.45, 7) is 8.17. The zero-order valence-electron chi connectivity index (χ0n) is 23.9. The zero-order chi connectivity index (χ0) is 24.2. The van der Waals surface area contributed by atoms with E-state index in [1.165, 1.54) is 142 Å². The molecule has 0 aliphatic heterocycles. The molecule has 4 heteroatoms. The van der Waals surface area contributed by atoms with Gasteiger partial charge < -0.3 is 14.8 Å². The predicted molar refractivity (Wildman–Crippen MR) is 144 cm³/mol. The van der Waals surface area contributed by atoms with Gasteiger partial charge in [0, 0.05) is 5.97 Å². The van der Waals surface area contributed by atoms with Crippen LogP contribution in [0.3, 0.4) is 0 Å². The van der Waals surface area contributed by atoms with Crippen LogP contribution in [0.15, 0.2) is 0 Å². The van der Waals surface area contributed by atoms with E-state index < -0.39 is 5.97 Å². The number of hydrogen-bond donors (Lipinski definition) is 0. The van der Waals surface area contributed by atoms with Crippen LogP contribution in [0.25, 0.3) is 0 Å². The van der Waals surface area contributed by atoms with Gasteiger partial charge in [-0.1, -0.05) is 136 Å². The van der Waals surface area contributed by atoms with Gasteiger partial charge in [-0.15, -0.1) is 0 Å². The molecule has 0 aromatic carbocycles. The molecule has 198 valence electrons. The molecule has 0 atom stereocenters. The average molecular weight is 490 g/mol. The average Bonchev–Trinajstić information content (AvgIpc) is 2.80. The SMILES string of the molecule is CCCCCCCCCCCCN(CCCCCCCCCCCC)CCCCCC(=O)[O-].[Na+]. The Labute approximate surface area is 236 Å². The third-order valence-corrected chi connectivity index (χ3v) is 7.01. The summed E-state index contributed by atoms with van der Waals surface area (Å²) >= 11 is 0. The van der Waals surface area contributed by atoms with Crippen LogP contribution in [0.2, 0.25) is 0 Å². The summed E-state index contributed by atoms with van der Waals surface area (Å²) in [6.07, 6.45) is 31.0. The number of hydrogen-bond acceptors (Lipinski definition) is 3. The van der Waals surface area contributed by atoms with E-state index in [9.17, 15) is 9.90 Å². The Hall–Kier alpha value is 0.430. The number of rotatable bonds is 28. The van der Waals surface area contributed by atoms with Crippen molar-refractivity contribution in [1.82, 2.24) is 4.90 Å². The summed E-state index contributed by atoms with van der Waals surface area (Å²) in [5, 5.41) is 10.6. The van der Waals surface area contributed by atoms with Crippen LogP contribution >= 0.6 is 0 Å². The summed E-state index contributed by atoms with van der Waals surface area (Å²) in [7, 11) is 0. The van der Waals surface area contributed by atoms with E-state index in [0.717, 1.165) is 25.8 Å². The van der Waals surface area contributed by atoms with Gasteiger partial charge in [-0.3, -0.25) is 0 Å². The van der Waals surface area contributed by atoms with Crippen molar-refractivity contribution in [3.63, 3.8) is 0 Å². The number of carboxylic acid groups (broad SMARTS) is 1. The van der Waals surface area contributed by atoms with Crippen molar-refractivity contribution in [3.8, 4) is 0 Å². The molecule has 0 fully saturated rings. The molecule has 0 aliphatic rings. The Morgan fingerprint density at radius 1 is 0.471 bits per heavy atom. The van der Waals surface area contributed by atoms with Gasteiger partial charge in [-0.05, 0) is 51.7 Å². The molecule has 0 bridgehead atoms. The second kappa shape index (κ2) is 31.5. The van der Waals surface area contributed by atoms with Gasteiger partial charge in [0.1, 0.15) is 0 Å². The minimum absolute atomic E-state index is 0. The van der Waals surface area contributed by atoms with Crippen molar-refractivity contribution < 1.29 is 39.5 Å². The molecule has 3 nitrogen and oxygen atoms in total. The fourth-order valence-electron chi connectivity index (χ4n) is 4.76. The molecule has 0 aromatic rings. The monoisotopic (exact) mass is 489 g/mol. The first kappa shape index (κ1) is 36.6. The van der Waals surface area contributed by atoms with Crippen molar-refractivity contribution in [3.05, 3.63) is 0 Å². The van der Waals surface area contributed by atoms with Crippen molar-refractivity contribution in [2.75, 3.05) is 19.6 Å². The Morgan fingerprint density at radius 3 is 1.03 bits per heavy atom. The molecular formula is C30H60NNaO2. The first-order chi connectivity index (χ1) is 16.2. The minimum atomic E-state index is -0.900.